The number of carboxylic acid groups (broad SMARTS) is 1. The van der Waals surface area contributed by atoms with Crippen molar-refractivity contribution in [1.29, 1.82) is 0 Å². The minimum absolute atomic E-state index is 0.231. The van der Waals surface area contributed by atoms with Crippen molar-refractivity contribution in [2.45, 2.75) is 45.7 Å². The fourth-order valence-corrected chi connectivity index (χ4v) is 2.90. The summed E-state index contributed by atoms with van der Waals surface area (Å²) < 4.78 is 1.15. The largest absolute Gasteiger partial charge is 0.481 e. The summed E-state index contributed by atoms with van der Waals surface area (Å²) >= 11 is 5.14. The second kappa shape index (κ2) is 7.92. The van der Waals surface area contributed by atoms with E-state index >= 15 is 0 Å². The van der Waals surface area contributed by atoms with Crippen molar-refractivity contribution in [3.05, 3.63) is 20.8 Å². The van der Waals surface area contributed by atoms with Gasteiger partial charge in [-0.25, -0.2) is 0 Å². The lowest BCUT2D eigenvalue weighted by Crippen LogP contribution is -2.25. The Labute approximate surface area is 121 Å². The molecule has 0 spiro atoms. The van der Waals surface area contributed by atoms with E-state index in [9.17, 15) is 4.79 Å². The van der Waals surface area contributed by atoms with Crippen molar-refractivity contribution >= 4 is 33.2 Å². The molecule has 2 atom stereocenters. The Morgan fingerprint density at radius 3 is 2.78 bits per heavy atom. The van der Waals surface area contributed by atoms with Crippen LogP contribution in [0.2, 0.25) is 0 Å². The molecule has 1 aromatic heterocycles. The predicted molar refractivity (Wildman–Crippen MR) is 79.0 cm³/mol. The summed E-state index contributed by atoms with van der Waals surface area (Å²) in [6.45, 7) is 4.79. The van der Waals surface area contributed by atoms with Crippen LogP contribution < -0.4 is 5.32 Å². The minimum Gasteiger partial charge on any atom is -0.481 e. The molecule has 1 rings (SSSR count). The molecule has 2 unspecified atom stereocenters. The first-order chi connectivity index (χ1) is 8.49. The van der Waals surface area contributed by atoms with E-state index in [1.54, 1.807) is 18.3 Å². The van der Waals surface area contributed by atoms with Gasteiger partial charge >= 0.3 is 5.97 Å². The third-order valence-electron chi connectivity index (χ3n) is 2.97. The van der Waals surface area contributed by atoms with Crippen molar-refractivity contribution in [2.24, 2.45) is 5.92 Å². The van der Waals surface area contributed by atoms with Crippen molar-refractivity contribution in [3.8, 4) is 0 Å². The molecule has 2 N–H and O–H groups in total. The van der Waals surface area contributed by atoms with Crippen molar-refractivity contribution in [2.75, 3.05) is 0 Å². The third kappa shape index (κ3) is 5.98. The molecule has 1 heterocycles. The number of rotatable bonds is 8. The molecule has 0 bridgehead atoms. The zero-order chi connectivity index (χ0) is 13.5. The van der Waals surface area contributed by atoms with Crippen LogP contribution in [0.5, 0.6) is 0 Å². The maximum atomic E-state index is 10.7. The standard InChI is InChI=1S/C13H20BrNO2S/c1-9(13(16)17)4-3-5-10(2)15-7-11-6-12(14)18-8-11/h6,8-10,15H,3-5,7H2,1-2H3,(H,16,17). The van der Waals surface area contributed by atoms with Crippen LogP contribution in [0.15, 0.2) is 15.2 Å². The summed E-state index contributed by atoms with van der Waals surface area (Å²) in [5.41, 5.74) is 1.29. The molecule has 0 aliphatic heterocycles. The molecule has 0 aliphatic rings. The Balaban J connectivity index is 2.14. The molecule has 18 heavy (non-hydrogen) atoms. The van der Waals surface area contributed by atoms with E-state index in [2.05, 4.69) is 39.6 Å². The van der Waals surface area contributed by atoms with E-state index in [1.807, 2.05) is 0 Å². The molecular weight excluding hydrogens is 314 g/mol. The summed E-state index contributed by atoms with van der Waals surface area (Å²) in [5.74, 6) is -0.927. The van der Waals surface area contributed by atoms with Gasteiger partial charge in [0.05, 0.1) is 9.70 Å². The smallest absolute Gasteiger partial charge is 0.306 e. The van der Waals surface area contributed by atoms with Crippen LogP contribution in [-0.4, -0.2) is 17.1 Å². The number of nitrogens with one attached hydrogen (secondary N) is 1. The van der Waals surface area contributed by atoms with Gasteiger partial charge in [-0.15, -0.1) is 11.3 Å². The van der Waals surface area contributed by atoms with Gasteiger partial charge in [-0.2, -0.15) is 0 Å². The van der Waals surface area contributed by atoms with Gasteiger partial charge in [-0.3, -0.25) is 4.79 Å². The van der Waals surface area contributed by atoms with E-state index in [0.717, 1.165) is 29.6 Å². The Kier molecular flexibility index (Phi) is 6.89. The highest BCUT2D eigenvalue weighted by Gasteiger charge is 2.11. The van der Waals surface area contributed by atoms with E-state index in [4.69, 9.17) is 5.11 Å². The van der Waals surface area contributed by atoms with E-state index in [1.165, 1.54) is 5.56 Å². The van der Waals surface area contributed by atoms with E-state index < -0.39 is 5.97 Å². The zero-order valence-corrected chi connectivity index (χ0v) is 13.2. The number of hydrogen-bond acceptors (Lipinski definition) is 3. The predicted octanol–water partition coefficient (Wildman–Crippen LogP) is 3.88. The SMILES string of the molecule is CC(CCCC(C)C(=O)O)NCc1csc(Br)c1. The normalized spacial score (nSPS) is 14.4. The molecule has 1 aromatic rings. The molecule has 3 nitrogen and oxygen atoms in total. The molecule has 0 fully saturated rings. The fourth-order valence-electron chi connectivity index (χ4n) is 1.69. The molecule has 0 saturated heterocycles. The van der Waals surface area contributed by atoms with Gasteiger partial charge in [0.2, 0.25) is 0 Å². The highest BCUT2D eigenvalue weighted by Crippen LogP contribution is 2.20. The minimum atomic E-state index is -0.696. The Morgan fingerprint density at radius 2 is 2.22 bits per heavy atom. The topological polar surface area (TPSA) is 49.3 Å². The van der Waals surface area contributed by atoms with Crippen molar-refractivity contribution in [3.63, 3.8) is 0 Å². The number of halogens is 1. The average Bonchev–Trinajstić information content (AvgIpc) is 2.72. The van der Waals surface area contributed by atoms with E-state index in [0.29, 0.717) is 6.04 Å². The summed E-state index contributed by atoms with van der Waals surface area (Å²) in [7, 11) is 0. The Hall–Kier alpha value is -0.390. The monoisotopic (exact) mass is 333 g/mol. The highest BCUT2D eigenvalue weighted by atomic mass is 79.9. The summed E-state index contributed by atoms with van der Waals surface area (Å²) in [6, 6.07) is 2.54. The summed E-state index contributed by atoms with van der Waals surface area (Å²) in [6.07, 6.45) is 2.73. The maximum Gasteiger partial charge on any atom is 0.306 e. The number of carbonyl (C=O) groups is 1. The lowest BCUT2D eigenvalue weighted by molar-refractivity contribution is -0.141. The van der Waals surface area contributed by atoms with Crippen molar-refractivity contribution in [1.82, 2.24) is 5.32 Å². The second-order valence-electron chi connectivity index (χ2n) is 4.71. The molecule has 0 radical (unpaired) electrons. The number of carboxylic acids is 1. The Morgan fingerprint density at radius 1 is 1.50 bits per heavy atom. The molecule has 0 aliphatic carbocycles. The third-order valence-corrected chi connectivity index (χ3v) is 4.53. The molecule has 0 saturated carbocycles. The molecule has 5 heteroatoms. The van der Waals surface area contributed by atoms with Crippen LogP contribution in [0, 0.1) is 5.92 Å². The molecule has 0 aromatic carbocycles. The van der Waals surface area contributed by atoms with Crippen LogP contribution >= 0.6 is 27.3 Å². The second-order valence-corrected chi connectivity index (χ2v) is 7.00. The maximum absolute atomic E-state index is 10.7. The number of hydrogen-bond donors (Lipinski definition) is 2. The van der Waals surface area contributed by atoms with Crippen LogP contribution in [0.1, 0.15) is 38.7 Å². The number of thiophene rings is 1. The van der Waals surface area contributed by atoms with E-state index in [-0.39, 0.29) is 5.92 Å². The van der Waals surface area contributed by atoms with Crippen molar-refractivity contribution < 1.29 is 9.90 Å². The van der Waals surface area contributed by atoms with Gasteiger partial charge in [0.15, 0.2) is 0 Å². The van der Waals surface area contributed by atoms with Crippen LogP contribution in [0.4, 0.5) is 0 Å². The summed E-state index contributed by atoms with van der Waals surface area (Å²) in [5, 5.41) is 14.4. The lowest BCUT2D eigenvalue weighted by Gasteiger charge is -2.14. The van der Waals surface area contributed by atoms with Gasteiger partial charge in [0.1, 0.15) is 0 Å². The van der Waals surface area contributed by atoms with Gasteiger partial charge in [0.25, 0.3) is 0 Å². The van der Waals surface area contributed by atoms with Gasteiger partial charge < -0.3 is 10.4 Å². The lowest BCUT2D eigenvalue weighted by atomic mass is 10.0. The average molecular weight is 334 g/mol. The van der Waals surface area contributed by atoms with Crippen LogP contribution in [0.25, 0.3) is 0 Å². The van der Waals surface area contributed by atoms with Gasteiger partial charge in [-0.1, -0.05) is 13.3 Å². The van der Waals surface area contributed by atoms with Crippen LogP contribution in [0.3, 0.4) is 0 Å². The quantitative estimate of drug-likeness (QED) is 0.758. The Bertz CT molecular complexity index is 381. The zero-order valence-electron chi connectivity index (χ0n) is 10.8. The first-order valence-electron chi connectivity index (χ1n) is 6.18. The molecule has 0 amide bonds. The first kappa shape index (κ1) is 15.7. The van der Waals surface area contributed by atoms with Crippen LogP contribution in [-0.2, 0) is 11.3 Å². The summed E-state index contributed by atoms with van der Waals surface area (Å²) in [4.78, 5) is 10.7. The molecule has 102 valence electrons. The first-order valence-corrected chi connectivity index (χ1v) is 7.85. The van der Waals surface area contributed by atoms with Gasteiger partial charge in [0, 0.05) is 12.6 Å². The number of aliphatic carboxylic acids is 1. The fraction of sp³-hybridized carbons (Fsp3) is 0.615. The highest BCUT2D eigenvalue weighted by molar-refractivity contribution is 9.11. The molecular formula is C13H20BrNO2S. The van der Waals surface area contributed by atoms with Gasteiger partial charge in [-0.05, 0) is 52.7 Å².